The van der Waals surface area contributed by atoms with Crippen molar-refractivity contribution in [2.45, 2.75) is 57.8 Å². The Balaban J connectivity index is 1.17. The normalized spacial score (nSPS) is 17.3. The number of anilines is 2. The van der Waals surface area contributed by atoms with Gasteiger partial charge in [-0.3, -0.25) is 14.6 Å². The van der Waals surface area contributed by atoms with Gasteiger partial charge in [0.05, 0.1) is 29.2 Å². The van der Waals surface area contributed by atoms with Crippen molar-refractivity contribution in [2.24, 2.45) is 0 Å². The van der Waals surface area contributed by atoms with Crippen LogP contribution < -0.4 is 31.3 Å². The van der Waals surface area contributed by atoms with E-state index in [-0.39, 0.29) is 42.0 Å². The number of benzene rings is 1. The van der Waals surface area contributed by atoms with Crippen LogP contribution in [0.5, 0.6) is 5.88 Å². The molecule has 2 aliphatic heterocycles. The SMILES string of the molecule is COc1nc(-c2ccnc(-c3cccc(Nc4ncnc(CNC[C@@H]5CCC(=O)N5)c4F)c3C)c2Cl)ccc1CNC[C@@H]1CCC(=O)N1. The fraction of sp³-hybridized carbons (Fsp3) is 0.353. The van der Waals surface area contributed by atoms with Crippen molar-refractivity contribution in [1.29, 1.82) is 0 Å². The van der Waals surface area contributed by atoms with E-state index in [9.17, 15) is 9.59 Å². The van der Waals surface area contributed by atoms with Gasteiger partial charge in [-0.2, -0.15) is 0 Å². The number of hydrogen-bond donors (Lipinski definition) is 5. The Labute approximate surface area is 282 Å². The predicted molar refractivity (Wildman–Crippen MR) is 180 cm³/mol. The Morgan fingerprint density at radius 3 is 2.35 bits per heavy atom. The van der Waals surface area contributed by atoms with E-state index in [0.717, 1.165) is 29.5 Å². The van der Waals surface area contributed by atoms with Gasteiger partial charge in [-0.1, -0.05) is 29.8 Å². The molecule has 6 rings (SSSR count). The van der Waals surface area contributed by atoms with Gasteiger partial charge in [0.2, 0.25) is 17.7 Å². The van der Waals surface area contributed by atoms with E-state index in [1.165, 1.54) is 6.33 Å². The van der Waals surface area contributed by atoms with Gasteiger partial charge >= 0.3 is 0 Å². The van der Waals surface area contributed by atoms with Crippen LogP contribution in [0.15, 0.2) is 48.9 Å². The van der Waals surface area contributed by atoms with Crippen LogP contribution in [-0.4, -0.2) is 64.0 Å². The number of ether oxygens (including phenoxy) is 1. The van der Waals surface area contributed by atoms with E-state index in [2.05, 4.69) is 41.5 Å². The first kappa shape index (κ1) is 33.2. The Morgan fingerprint density at radius 1 is 0.938 bits per heavy atom. The summed E-state index contributed by atoms with van der Waals surface area (Å²) in [4.78, 5) is 40.5. The molecule has 2 amide bonds. The molecule has 0 aliphatic carbocycles. The maximum absolute atomic E-state index is 15.5. The Bertz CT molecular complexity index is 1830. The largest absolute Gasteiger partial charge is 0.481 e. The molecule has 5 heterocycles. The molecular formula is C34H37ClFN9O3. The topological polar surface area (TPSA) is 155 Å². The quantitative estimate of drug-likeness (QED) is 0.140. The summed E-state index contributed by atoms with van der Waals surface area (Å²) in [6.07, 6.45) is 5.63. The molecule has 3 aromatic heterocycles. The second-order valence-corrected chi connectivity index (χ2v) is 12.2. The zero-order valence-electron chi connectivity index (χ0n) is 26.7. The molecule has 14 heteroatoms. The summed E-state index contributed by atoms with van der Waals surface area (Å²) < 4.78 is 21.1. The lowest BCUT2D eigenvalue weighted by atomic mass is 10.0. The van der Waals surface area contributed by atoms with Crippen LogP contribution in [0.3, 0.4) is 0 Å². The smallest absolute Gasteiger partial charge is 0.220 e. The van der Waals surface area contributed by atoms with Crippen LogP contribution in [0.25, 0.3) is 22.5 Å². The third kappa shape index (κ3) is 7.53. The highest BCUT2D eigenvalue weighted by molar-refractivity contribution is 6.35. The van der Waals surface area contributed by atoms with E-state index >= 15 is 4.39 Å². The minimum absolute atomic E-state index is 0.0302. The van der Waals surface area contributed by atoms with Gasteiger partial charge in [-0.05, 0) is 43.5 Å². The van der Waals surface area contributed by atoms with Crippen molar-refractivity contribution in [2.75, 3.05) is 25.5 Å². The van der Waals surface area contributed by atoms with Crippen molar-refractivity contribution in [3.63, 3.8) is 0 Å². The summed E-state index contributed by atoms with van der Waals surface area (Å²) >= 11 is 6.99. The maximum atomic E-state index is 15.5. The second kappa shape index (κ2) is 15.0. The van der Waals surface area contributed by atoms with Crippen LogP contribution in [0.1, 0.15) is 42.5 Å². The van der Waals surface area contributed by atoms with E-state index in [1.807, 2.05) is 37.3 Å². The van der Waals surface area contributed by atoms with E-state index in [1.54, 1.807) is 19.4 Å². The Hall–Kier alpha value is -4.72. The fourth-order valence-electron chi connectivity index (χ4n) is 5.94. The molecule has 1 aromatic carbocycles. The van der Waals surface area contributed by atoms with Gasteiger partial charge in [0.15, 0.2) is 11.6 Å². The van der Waals surface area contributed by atoms with Crippen LogP contribution >= 0.6 is 11.6 Å². The van der Waals surface area contributed by atoms with Crippen molar-refractivity contribution in [3.8, 4) is 28.4 Å². The lowest BCUT2D eigenvalue weighted by molar-refractivity contribution is -0.120. The van der Waals surface area contributed by atoms with Gasteiger partial charge in [0, 0.05) is 79.7 Å². The molecule has 4 aromatic rings. The van der Waals surface area contributed by atoms with Crippen molar-refractivity contribution in [1.82, 2.24) is 41.2 Å². The fourth-order valence-corrected chi connectivity index (χ4v) is 6.25. The van der Waals surface area contributed by atoms with E-state index < -0.39 is 5.82 Å². The molecule has 2 aliphatic rings. The maximum Gasteiger partial charge on any atom is 0.220 e. The van der Waals surface area contributed by atoms with Gasteiger partial charge in [-0.15, -0.1) is 0 Å². The Kier molecular flexibility index (Phi) is 10.4. The molecular weight excluding hydrogens is 637 g/mol. The van der Waals surface area contributed by atoms with Gasteiger partial charge < -0.3 is 31.3 Å². The lowest BCUT2D eigenvalue weighted by Crippen LogP contribution is -2.35. The predicted octanol–water partition coefficient (Wildman–Crippen LogP) is 4.19. The van der Waals surface area contributed by atoms with E-state index in [0.29, 0.717) is 66.0 Å². The molecule has 0 spiro atoms. The third-order valence-corrected chi connectivity index (χ3v) is 8.94. The number of aromatic nitrogens is 4. The van der Waals surface area contributed by atoms with Crippen molar-refractivity contribution in [3.05, 3.63) is 76.6 Å². The highest BCUT2D eigenvalue weighted by atomic mass is 35.5. The molecule has 0 unspecified atom stereocenters. The molecule has 2 atom stereocenters. The number of rotatable bonds is 13. The highest BCUT2D eigenvalue weighted by Gasteiger charge is 2.22. The van der Waals surface area contributed by atoms with Crippen molar-refractivity contribution < 1.29 is 18.7 Å². The number of amides is 2. The molecule has 12 nitrogen and oxygen atoms in total. The molecule has 5 N–H and O–H groups in total. The van der Waals surface area contributed by atoms with Gasteiger partial charge in [-0.25, -0.2) is 19.3 Å². The van der Waals surface area contributed by atoms with Gasteiger partial charge in [0.25, 0.3) is 0 Å². The summed E-state index contributed by atoms with van der Waals surface area (Å²) in [7, 11) is 1.57. The number of halogens is 2. The summed E-state index contributed by atoms with van der Waals surface area (Å²) in [5.74, 6) is 0.0728. The second-order valence-electron chi connectivity index (χ2n) is 11.8. The summed E-state index contributed by atoms with van der Waals surface area (Å²) in [5, 5.41) is 15.9. The number of methoxy groups -OCH3 is 1. The van der Waals surface area contributed by atoms with Crippen LogP contribution in [-0.2, 0) is 22.7 Å². The minimum atomic E-state index is -0.563. The summed E-state index contributed by atoms with van der Waals surface area (Å²) in [6, 6.07) is 11.4. The number of carbonyl (C=O) groups is 2. The third-order valence-electron chi connectivity index (χ3n) is 8.56. The monoisotopic (exact) mass is 673 g/mol. The van der Waals surface area contributed by atoms with Gasteiger partial charge in [0.1, 0.15) is 6.33 Å². The zero-order chi connectivity index (χ0) is 33.6. The number of hydrogen-bond acceptors (Lipinski definition) is 10. The van der Waals surface area contributed by atoms with E-state index in [4.69, 9.17) is 21.3 Å². The number of carbonyl (C=O) groups excluding carboxylic acids is 2. The number of nitrogens with one attached hydrogen (secondary N) is 5. The van der Waals surface area contributed by atoms with Crippen LogP contribution in [0, 0.1) is 12.7 Å². The lowest BCUT2D eigenvalue weighted by Gasteiger charge is -2.16. The van der Waals surface area contributed by atoms with Crippen LogP contribution in [0.4, 0.5) is 15.9 Å². The first-order valence-corrected chi connectivity index (χ1v) is 16.2. The Morgan fingerprint density at radius 2 is 1.67 bits per heavy atom. The highest BCUT2D eigenvalue weighted by Crippen LogP contribution is 2.38. The average molecular weight is 674 g/mol. The number of pyridine rings is 2. The first-order valence-electron chi connectivity index (χ1n) is 15.9. The molecule has 0 saturated carbocycles. The minimum Gasteiger partial charge on any atom is -0.481 e. The standard InChI is InChI=1S/C34H37ClFN9O3/c1-19-23(4-3-5-25(19)44-33-31(36)27(40-18-41-33)17-38-16-22-8-11-29(47)43-22)32-30(35)24(12-13-39-32)26-9-6-20(34(45-26)48-2)14-37-15-21-7-10-28(46)42-21/h3-6,9,12-13,18,21-22,37-38H,7-8,10-11,14-17H2,1-2H3,(H,42,46)(H,43,47)(H,40,41,44)/t21-,22-/m0/s1. The molecule has 2 saturated heterocycles. The molecule has 0 bridgehead atoms. The zero-order valence-corrected chi connectivity index (χ0v) is 27.5. The first-order chi connectivity index (χ1) is 23.3. The summed E-state index contributed by atoms with van der Waals surface area (Å²) in [5.41, 5.74) is 5.14. The average Bonchev–Trinajstić information content (AvgIpc) is 3.70. The number of nitrogens with zero attached hydrogens (tertiary/aromatic N) is 4. The molecule has 48 heavy (non-hydrogen) atoms. The molecule has 0 radical (unpaired) electrons. The molecule has 250 valence electrons. The summed E-state index contributed by atoms with van der Waals surface area (Å²) in [6.45, 7) is 3.81. The molecule has 2 fully saturated rings. The van der Waals surface area contributed by atoms with Crippen LogP contribution in [0.2, 0.25) is 5.02 Å². The van der Waals surface area contributed by atoms with Crippen molar-refractivity contribution >= 4 is 34.9 Å².